The molecule has 0 aliphatic carbocycles. The van der Waals surface area contributed by atoms with E-state index in [0.29, 0.717) is 5.75 Å². The summed E-state index contributed by atoms with van der Waals surface area (Å²) in [4.78, 5) is 4.39. The number of hydrogen-bond acceptors (Lipinski definition) is 4. The molecule has 0 bridgehead atoms. The monoisotopic (exact) mass is 232 g/mol. The molecule has 2 rings (SSSR count). The third-order valence-corrected chi connectivity index (χ3v) is 3.46. The Morgan fingerprint density at radius 2 is 2.13 bits per heavy atom. The average Bonchev–Trinajstić information content (AvgIpc) is 2.76. The average molecular weight is 232 g/mol. The lowest BCUT2D eigenvalue weighted by Gasteiger charge is -1.91. The Labute approximate surface area is 96.9 Å². The van der Waals surface area contributed by atoms with Crippen LogP contribution in [0.15, 0.2) is 34.7 Å². The van der Waals surface area contributed by atoms with E-state index in [1.54, 1.807) is 11.8 Å². The van der Waals surface area contributed by atoms with E-state index >= 15 is 0 Å². The lowest BCUT2D eigenvalue weighted by Crippen LogP contribution is -1.79. The summed E-state index contributed by atoms with van der Waals surface area (Å²) in [6.07, 6.45) is 5.18. The van der Waals surface area contributed by atoms with Gasteiger partial charge in [0.15, 0.2) is 10.2 Å². The van der Waals surface area contributed by atoms with Crippen molar-refractivity contribution in [2.75, 3.05) is 5.75 Å². The molecule has 2 nitrogen and oxygen atoms in total. The van der Waals surface area contributed by atoms with Crippen molar-refractivity contribution < 1.29 is 0 Å². The molecule has 0 N–H and O–H groups in total. The Bertz CT molecular complexity index is 471. The third kappa shape index (κ3) is 2.58. The SMILES string of the molecule is C#CCSc1nc(-c2ccccc2)ns1. The number of thioether (sulfide) groups is 1. The predicted octanol–water partition coefficient (Wildman–Crippen LogP) is 2.93. The summed E-state index contributed by atoms with van der Waals surface area (Å²) in [5, 5.41) is 0. The van der Waals surface area contributed by atoms with Gasteiger partial charge < -0.3 is 0 Å². The maximum absolute atomic E-state index is 5.18. The largest absolute Gasteiger partial charge is 0.208 e. The smallest absolute Gasteiger partial charge is 0.174 e. The molecule has 0 saturated heterocycles. The van der Waals surface area contributed by atoms with E-state index in [-0.39, 0.29) is 0 Å². The molecule has 0 fully saturated rings. The van der Waals surface area contributed by atoms with E-state index in [1.807, 2.05) is 30.3 Å². The molecular formula is C11H8N2S2. The first-order valence-corrected chi connectivity index (χ1v) is 6.11. The molecule has 0 atom stereocenters. The van der Waals surface area contributed by atoms with E-state index < -0.39 is 0 Å². The van der Waals surface area contributed by atoms with Crippen molar-refractivity contribution in [3.63, 3.8) is 0 Å². The van der Waals surface area contributed by atoms with Gasteiger partial charge in [-0.05, 0) is 11.5 Å². The highest BCUT2D eigenvalue weighted by Gasteiger charge is 2.05. The molecule has 0 unspecified atom stereocenters. The van der Waals surface area contributed by atoms with Gasteiger partial charge in [-0.1, -0.05) is 48.0 Å². The summed E-state index contributed by atoms with van der Waals surface area (Å²) in [5.41, 5.74) is 1.04. The van der Waals surface area contributed by atoms with Gasteiger partial charge in [0.05, 0.1) is 5.75 Å². The summed E-state index contributed by atoms with van der Waals surface area (Å²) < 4.78 is 5.20. The van der Waals surface area contributed by atoms with Gasteiger partial charge in [-0.15, -0.1) is 6.42 Å². The van der Waals surface area contributed by atoms with E-state index in [1.165, 1.54) is 11.5 Å². The fourth-order valence-electron chi connectivity index (χ4n) is 1.08. The van der Waals surface area contributed by atoms with Crippen LogP contribution in [-0.4, -0.2) is 15.1 Å². The molecule has 1 aromatic carbocycles. The van der Waals surface area contributed by atoms with Crippen molar-refractivity contribution >= 4 is 23.3 Å². The first kappa shape index (κ1) is 10.2. The van der Waals surface area contributed by atoms with E-state index in [9.17, 15) is 0 Å². The van der Waals surface area contributed by atoms with Gasteiger partial charge in [-0.3, -0.25) is 0 Å². The molecule has 4 heteroatoms. The van der Waals surface area contributed by atoms with Gasteiger partial charge in [0, 0.05) is 5.56 Å². The zero-order valence-electron chi connectivity index (χ0n) is 7.88. The predicted molar refractivity (Wildman–Crippen MR) is 64.9 cm³/mol. The molecule has 2 aromatic rings. The number of nitrogens with zero attached hydrogens (tertiary/aromatic N) is 2. The minimum atomic E-state index is 0.642. The lowest BCUT2D eigenvalue weighted by atomic mass is 10.2. The van der Waals surface area contributed by atoms with Crippen LogP contribution in [0.4, 0.5) is 0 Å². The normalized spacial score (nSPS) is 9.80. The second-order valence-electron chi connectivity index (χ2n) is 2.74. The molecule has 0 radical (unpaired) electrons. The fourth-order valence-corrected chi connectivity index (χ4v) is 2.37. The van der Waals surface area contributed by atoms with Crippen molar-refractivity contribution in [2.45, 2.75) is 4.34 Å². The second-order valence-corrected chi connectivity index (χ2v) is 4.72. The molecular weight excluding hydrogens is 224 g/mol. The van der Waals surface area contributed by atoms with Crippen LogP contribution in [0.1, 0.15) is 0 Å². The summed E-state index contributed by atoms with van der Waals surface area (Å²) in [6, 6.07) is 9.93. The molecule has 74 valence electrons. The number of hydrogen-bond donors (Lipinski definition) is 0. The van der Waals surface area contributed by atoms with Crippen LogP contribution < -0.4 is 0 Å². The summed E-state index contributed by atoms with van der Waals surface area (Å²) in [6.45, 7) is 0. The minimum absolute atomic E-state index is 0.642. The Kier molecular flexibility index (Phi) is 3.38. The molecule has 0 spiro atoms. The molecule has 0 aliphatic heterocycles. The number of aromatic nitrogens is 2. The Morgan fingerprint density at radius 3 is 2.87 bits per heavy atom. The van der Waals surface area contributed by atoms with Crippen LogP contribution in [0.25, 0.3) is 11.4 Å². The van der Waals surface area contributed by atoms with Gasteiger partial charge in [-0.2, -0.15) is 4.37 Å². The van der Waals surface area contributed by atoms with Crippen LogP contribution in [0.5, 0.6) is 0 Å². The van der Waals surface area contributed by atoms with Crippen molar-refractivity contribution in [3.8, 4) is 23.7 Å². The topological polar surface area (TPSA) is 25.8 Å². The highest BCUT2D eigenvalue weighted by atomic mass is 32.2. The van der Waals surface area contributed by atoms with Crippen LogP contribution in [0.3, 0.4) is 0 Å². The highest BCUT2D eigenvalue weighted by molar-refractivity contribution is 8.01. The van der Waals surface area contributed by atoms with E-state index in [0.717, 1.165) is 15.7 Å². The van der Waals surface area contributed by atoms with E-state index in [4.69, 9.17) is 6.42 Å². The highest BCUT2D eigenvalue weighted by Crippen LogP contribution is 2.24. The molecule has 0 amide bonds. The van der Waals surface area contributed by atoms with Gasteiger partial charge in [0.2, 0.25) is 0 Å². The molecule has 0 aliphatic rings. The number of terminal acetylenes is 1. The molecule has 0 saturated carbocycles. The minimum Gasteiger partial charge on any atom is -0.208 e. The maximum atomic E-state index is 5.18. The Morgan fingerprint density at radius 1 is 1.33 bits per heavy atom. The third-order valence-electron chi connectivity index (χ3n) is 1.72. The number of benzene rings is 1. The van der Waals surface area contributed by atoms with Crippen LogP contribution in [0.2, 0.25) is 0 Å². The summed E-state index contributed by atoms with van der Waals surface area (Å²) in [5.74, 6) is 3.99. The van der Waals surface area contributed by atoms with Crippen molar-refractivity contribution in [1.29, 1.82) is 0 Å². The van der Waals surface area contributed by atoms with Crippen molar-refractivity contribution in [3.05, 3.63) is 30.3 Å². The van der Waals surface area contributed by atoms with Crippen LogP contribution in [0, 0.1) is 12.3 Å². The Balaban J connectivity index is 2.18. The Hall–Kier alpha value is -1.31. The first-order chi connectivity index (χ1) is 7.40. The van der Waals surface area contributed by atoms with E-state index in [2.05, 4.69) is 15.3 Å². The van der Waals surface area contributed by atoms with Crippen molar-refractivity contribution in [2.24, 2.45) is 0 Å². The first-order valence-electron chi connectivity index (χ1n) is 4.35. The quantitative estimate of drug-likeness (QED) is 0.601. The van der Waals surface area contributed by atoms with Gasteiger partial charge >= 0.3 is 0 Å². The maximum Gasteiger partial charge on any atom is 0.174 e. The van der Waals surface area contributed by atoms with Crippen LogP contribution in [-0.2, 0) is 0 Å². The van der Waals surface area contributed by atoms with Gasteiger partial charge in [0.25, 0.3) is 0 Å². The van der Waals surface area contributed by atoms with Gasteiger partial charge in [0.1, 0.15) is 0 Å². The molecule has 1 heterocycles. The van der Waals surface area contributed by atoms with Crippen LogP contribution >= 0.6 is 23.3 Å². The molecule has 1 aromatic heterocycles. The number of rotatable bonds is 3. The fraction of sp³-hybridized carbons (Fsp3) is 0.0909. The summed E-state index contributed by atoms with van der Waals surface area (Å²) >= 11 is 2.94. The molecule has 15 heavy (non-hydrogen) atoms. The second kappa shape index (κ2) is 4.96. The summed E-state index contributed by atoms with van der Waals surface area (Å²) in [7, 11) is 0. The lowest BCUT2D eigenvalue weighted by molar-refractivity contribution is 1.22. The van der Waals surface area contributed by atoms with Gasteiger partial charge in [-0.25, -0.2) is 4.98 Å². The zero-order chi connectivity index (χ0) is 10.5. The van der Waals surface area contributed by atoms with Crippen molar-refractivity contribution in [1.82, 2.24) is 9.36 Å². The standard InChI is InChI=1S/C11H8N2S2/c1-2-8-14-11-12-10(13-15-11)9-6-4-3-5-7-9/h1,3-7H,8H2. The zero-order valence-corrected chi connectivity index (χ0v) is 9.52.